The number of fused-ring (bicyclic) bond motifs is 1. The number of pyridine rings is 1. The zero-order chi connectivity index (χ0) is 18.2. The number of amides is 1. The Bertz CT molecular complexity index is 1110. The van der Waals surface area contributed by atoms with E-state index in [1.165, 1.54) is 12.8 Å². The summed E-state index contributed by atoms with van der Waals surface area (Å²) in [5.74, 6) is -0.218. The van der Waals surface area contributed by atoms with E-state index in [0.29, 0.717) is 23.8 Å². The largest absolute Gasteiger partial charge is 0.319 e. The van der Waals surface area contributed by atoms with Crippen LogP contribution in [0.25, 0.3) is 11.2 Å². The molecule has 3 heterocycles. The number of hydrogen-bond donors (Lipinski definition) is 1. The first-order valence-electron chi connectivity index (χ1n) is 8.96. The van der Waals surface area contributed by atoms with Crippen LogP contribution in [-0.4, -0.2) is 30.2 Å². The molecule has 7 heteroatoms. The van der Waals surface area contributed by atoms with Crippen molar-refractivity contribution in [3.05, 3.63) is 72.4 Å². The second kappa shape index (κ2) is 6.35. The zero-order valence-corrected chi connectivity index (χ0v) is 14.6. The van der Waals surface area contributed by atoms with Crippen molar-refractivity contribution in [2.75, 3.05) is 5.32 Å². The van der Waals surface area contributed by atoms with E-state index in [-0.39, 0.29) is 5.91 Å². The molecule has 1 amide bonds. The summed E-state index contributed by atoms with van der Waals surface area (Å²) in [4.78, 5) is 21.4. The van der Waals surface area contributed by atoms with Gasteiger partial charge in [-0.1, -0.05) is 30.3 Å². The van der Waals surface area contributed by atoms with Crippen molar-refractivity contribution in [3.63, 3.8) is 0 Å². The Kier molecular flexibility index (Phi) is 3.71. The van der Waals surface area contributed by atoms with E-state index in [1.807, 2.05) is 42.9 Å². The van der Waals surface area contributed by atoms with Gasteiger partial charge < -0.3 is 9.88 Å². The van der Waals surface area contributed by atoms with Gasteiger partial charge in [-0.25, -0.2) is 9.97 Å². The van der Waals surface area contributed by atoms with Crippen LogP contribution in [0.4, 0.5) is 5.69 Å². The molecule has 5 rings (SSSR count). The van der Waals surface area contributed by atoms with Crippen molar-refractivity contribution >= 4 is 22.8 Å². The fourth-order valence-electron chi connectivity index (χ4n) is 3.15. The summed E-state index contributed by atoms with van der Waals surface area (Å²) in [5.41, 5.74) is 3.87. The van der Waals surface area contributed by atoms with E-state index in [2.05, 4.69) is 25.0 Å². The summed E-state index contributed by atoms with van der Waals surface area (Å²) in [6.45, 7) is 0.656. The first kappa shape index (κ1) is 15.7. The molecule has 7 nitrogen and oxygen atoms in total. The Morgan fingerprint density at radius 2 is 2.00 bits per heavy atom. The van der Waals surface area contributed by atoms with Gasteiger partial charge in [0, 0.05) is 18.4 Å². The summed E-state index contributed by atoms with van der Waals surface area (Å²) < 4.78 is 3.88. The van der Waals surface area contributed by atoms with Crippen LogP contribution >= 0.6 is 0 Å². The molecule has 3 aromatic heterocycles. The van der Waals surface area contributed by atoms with Crippen LogP contribution in [-0.2, 0) is 6.54 Å². The highest BCUT2D eigenvalue weighted by molar-refractivity contribution is 6.05. The summed E-state index contributed by atoms with van der Waals surface area (Å²) in [6.07, 6.45) is 9.22. The van der Waals surface area contributed by atoms with Gasteiger partial charge in [0.05, 0.1) is 30.3 Å². The van der Waals surface area contributed by atoms with E-state index in [9.17, 15) is 4.79 Å². The summed E-state index contributed by atoms with van der Waals surface area (Å²) in [6, 6.07) is 12.4. The van der Waals surface area contributed by atoms with Gasteiger partial charge >= 0.3 is 0 Å². The quantitative estimate of drug-likeness (QED) is 0.594. The Hall–Kier alpha value is -3.48. The minimum absolute atomic E-state index is 0.218. The summed E-state index contributed by atoms with van der Waals surface area (Å²) in [7, 11) is 0. The van der Waals surface area contributed by atoms with Gasteiger partial charge in [0.25, 0.3) is 5.91 Å². The third kappa shape index (κ3) is 3.19. The molecule has 134 valence electrons. The molecular weight excluding hydrogens is 340 g/mol. The average molecular weight is 358 g/mol. The molecule has 0 saturated heterocycles. The molecule has 1 aromatic carbocycles. The molecule has 0 unspecified atom stereocenters. The van der Waals surface area contributed by atoms with Crippen LogP contribution in [0.5, 0.6) is 0 Å². The lowest BCUT2D eigenvalue weighted by atomic mass is 10.2. The van der Waals surface area contributed by atoms with Crippen LogP contribution in [0.2, 0.25) is 0 Å². The van der Waals surface area contributed by atoms with E-state index < -0.39 is 0 Å². The molecule has 1 aliphatic carbocycles. The number of benzene rings is 1. The molecule has 1 fully saturated rings. The minimum atomic E-state index is -0.218. The standard InChI is InChI=1S/C20H18N6O/c27-20(15-8-18-19(21-9-15)26(13-22-18)17-6-7-17)24-16-10-23-25(12-16)11-14-4-2-1-3-5-14/h1-5,8-10,12-13,17H,6-7,11H2,(H,24,27). The minimum Gasteiger partial charge on any atom is -0.319 e. The van der Waals surface area contributed by atoms with Crippen molar-refractivity contribution in [1.82, 2.24) is 24.3 Å². The van der Waals surface area contributed by atoms with Crippen LogP contribution in [0, 0.1) is 0 Å². The Balaban J connectivity index is 1.31. The van der Waals surface area contributed by atoms with Gasteiger partial charge in [-0.3, -0.25) is 9.48 Å². The lowest BCUT2D eigenvalue weighted by molar-refractivity contribution is 0.102. The number of anilines is 1. The van der Waals surface area contributed by atoms with E-state index in [4.69, 9.17) is 0 Å². The number of carbonyl (C=O) groups is 1. The van der Waals surface area contributed by atoms with Crippen LogP contribution in [0.15, 0.2) is 61.3 Å². The molecule has 0 spiro atoms. The molecule has 0 atom stereocenters. The second-order valence-corrected chi connectivity index (χ2v) is 6.82. The predicted molar refractivity (Wildman–Crippen MR) is 102 cm³/mol. The fourth-order valence-corrected chi connectivity index (χ4v) is 3.15. The maximum Gasteiger partial charge on any atom is 0.257 e. The van der Waals surface area contributed by atoms with E-state index in [1.54, 1.807) is 23.1 Å². The highest BCUT2D eigenvalue weighted by atomic mass is 16.1. The lowest BCUT2D eigenvalue weighted by Crippen LogP contribution is -2.12. The Morgan fingerprint density at radius 3 is 2.81 bits per heavy atom. The van der Waals surface area contributed by atoms with Crippen molar-refractivity contribution in [1.29, 1.82) is 0 Å². The van der Waals surface area contributed by atoms with Crippen molar-refractivity contribution in [2.24, 2.45) is 0 Å². The highest BCUT2D eigenvalue weighted by Crippen LogP contribution is 2.36. The van der Waals surface area contributed by atoms with Gasteiger partial charge in [-0.15, -0.1) is 0 Å². The lowest BCUT2D eigenvalue weighted by Gasteiger charge is -2.04. The zero-order valence-electron chi connectivity index (χ0n) is 14.6. The maximum atomic E-state index is 12.6. The molecule has 1 saturated carbocycles. The highest BCUT2D eigenvalue weighted by Gasteiger charge is 2.25. The number of nitrogens with one attached hydrogen (secondary N) is 1. The number of carbonyl (C=O) groups excluding carboxylic acids is 1. The fraction of sp³-hybridized carbons (Fsp3) is 0.200. The first-order valence-corrected chi connectivity index (χ1v) is 8.96. The molecule has 0 aliphatic heterocycles. The van der Waals surface area contributed by atoms with Gasteiger partial charge in [0.15, 0.2) is 5.65 Å². The number of imidazole rings is 1. The van der Waals surface area contributed by atoms with Crippen molar-refractivity contribution in [2.45, 2.75) is 25.4 Å². The first-order chi connectivity index (χ1) is 13.3. The second-order valence-electron chi connectivity index (χ2n) is 6.82. The normalized spacial score (nSPS) is 13.8. The van der Waals surface area contributed by atoms with Gasteiger partial charge in [0.1, 0.15) is 5.52 Å². The third-order valence-corrected chi connectivity index (χ3v) is 4.69. The average Bonchev–Trinajstić information content (AvgIpc) is 3.30. The number of rotatable bonds is 5. The molecule has 27 heavy (non-hydrogen) atoms. The van der Waals surface area contributed by atoms with Crippen LogP contribution in [0.3, 0.4) is 0 Å². The number of hydrogen-bond acceptors (Lipinski definition) is 4. The monoisotopic (exact) mass is 358 g/mol. The maximum absolute atomic E-state index is 12.6. The molecular formula is C20H18N6O. The number of aromatic nitrogens is 5. The van der Waals surface area contributed by atoms with E-state index in [0.717, 1.165) is 16.7 Å². The molecule has 1 N–H and O–H groups in total. The van der Waals surface area contributed by atoms with Gasteiger partial charge in [-0.2, -0.15) is 5.10 Å². The summed E-state index contributed by atoms with van der Waals surface area (Å²) in [5, 5.41) is 7.18. The Labute approximate surface area is 155 Å². The molecule has 0 radical (unpaired) electrons. The smallest absolute Gasteiger partial charge is 0.257 e. The van der Waals surface area contributed by atoms with Crippen molar-refractivity contribution < 1.29 is 4.79 Å². The van der Waals surface area contributed by atoms with Gasteiger partial charge in [-0.05, 0) is 24.5 Å². The Morgan fingerprint density at radius 1 is 1.15 bits per heavy atom. The molecule has 1 aliphatic rings. The predicted octanol–water partition coefficient (Wildman–Crippen LogP) is 3.26. The number of nitrogens with zero attached hydrogens (tertiary/aromatic N) is 5. The van der Waals surface area contributed by atoms with E-state index >= 15 is 0 Å². The topological polar surface area (TPSA) is 77.6 Å². The third-order valence-electron chi connectivity index (χ3n) is 4.69. The van der Waals surface area contributed by atoms with Crippen molar-refractivity contribution in [3.8, 4) is 0 Å². The van der Waals surface area contributed by atoms with Crippen LogP contribution in [0.1, 0.15) is 34.8 Å². The van der Waals surface area contributed by atoms with Gasteiger partial charge in [0.2, 0.25) is 0 Å². The summed E-state index contributed by atoms with van der Waals surface area (Å²) >= 11 is 0. The molecule has 0 bridgehead atoms. The van der Waals surface area contributed by atoms with Crippen LogP contribution < -0.4 is 5.32 Å². The molecule has 4 aromatic rings. The SMILES string of the molecule is O=C(Nc1cnn(Cc2ccccc2)c1)c1cnc2c(c1)ncn2C1CC1.